The van der Waals surface area contributed by atoms with Gasteiger partial charge in [-0.05, 0) is 37.1 Å². The summed E-state index contributed by atoms with van der Waals surface area (Å²) in [6.45, 7) is 1.92. The molecule has 3 rings (SSSR count). The molecule has 0 bridgehead atoms. The van der Waals surface area contributed by atoms with Crippen LogP contribution < -0.4 is 5.73 Å². The Hall–Kier alpha value is -3.13. The third-order valence-corrected chi connectivity index (χ3v) is 2.98. The Labute approximate surface area is 121 Å². The van der Waals surface area contributed by atoms with Crippen molar-refractivity contribution in [3.8, 4) is 11.8 Å². The molecule has 0 fully saturated rings. The Morgan fingerprint density at radius 3 is 2.86 bits per heavy atom. The number of rotatable bonds is 1. The summed E-state index contributed by atoms with van der Waals surface area (Å²) in [6.07, 6.45) is 3.20. The first-order valence-corrected chi connectivity index (χ1v) is 6.36. The first kappa shape index (κ1) is 12.9. The highest BCUT2D eigenvalue weighted by atomic mass is 16.1. The maximum atomic E-state index is 11.3. The average molecular weight is 276 g/mol. The first-order valence-electron chi connectivity index (χ1n) is 6.36. The molecule has 21 heavy (non-hydrogen) atoms. The van der Waals surface area contributed by atoms with Crippen molar-refractivity contribution in [1.29, 1.82) is 0 Å². The van der Waals surface area contributed by atoms with E-state index >= 15 is 0 Å². The largest absolute Gasteiger partial charge is 0.364 e. The fourth-order valence-electron chi connectivity index (χ4n) is 1.99. The van der Waals surface area contributed by atoms with E-state index in [0.717, 1.165) is 11.3 Å². The molecule has 3 heterocycles. The van der Waals surface area contributed by atoms with E-state index in [1.54, 1.807) is 16.7 Å². The average Bonchev–Trinajstić information content (AvgIpc) is 2.88. The van der Waals surface area contributed by atoms with E-state index in [4.69, 9.17) is 5.73 Å². The Morgan fingerprint density at radius 1 is 1.24 bits per heavy atom. The zero-order valence-corrected chi connectivity index (χ0v) is 11.4. The minimum absolute atomic E-state index is 0.335. The van der Waals surface area contributed by atoms with Crippen LogP contribution in [0.15, 0.2) is 42.7 Å². The molecule has 0 unspecified atom stereocenters. The zero-order valence-electron chi connectivity index (χ0n) is 11.4. The maximum absolute atomic E-state index is 11.3. The predicted octanol–water partition coefficient (Wildman–Crippen LogP) is 1.54. The Kier molecular flexibility index (Phi) is 3.13. The van der Waals surface area contributed by atoms with Crippen molar-refractivity contribution in [2.24, 2.45) is 5.73 Å². The molecular weight excluding hydrogens is 264 g/mol. The van der Waals surface area contributed by atoms with Gasteiger partial charge in [0.2, 0.25) is 0 Å². The molecule has 0 radical (unpaired) electrons. The number of hydrogen-bond donors (Lipinski definition) is 1. The molecule has 0 saturated carbocycles. The molecule has 0 spiro atoms. The summed E-state index contributed by atoms with van der Waals surface area (Å²) in [6, 6.07) is 9.32. The van der Waals surface area contributed by atoms with Crippen LogP contribution in [0.2, 0.25) is 0 Å². The van der Waals surface area contributed by atoms with E-state index in [1.165, 1.54) is 6.20 Å². The van der Waals surface area contributed by atoms with E-state index in [1.807, 2.05) is 31.2 Å². The number of carbonyl (C=O) groups is 1. The van der Waals surface area contributed by atoms with Crippen molar-refractivity contribution >= 4 is 11.6 Å². The minimum Gasteiger partial charge on any atom is -0.364 e. The number of hydrogen-bond acceptors (Lipinski definition) is 3. The number of fused-ring (bicyclic) bond motifs is 1. The van der Waals surface area contributed by atoms with Gasteiger partial charge in [0.25, 0.3) is 5.91 Å². The smallest absolute Gasteiger partial charge is 0.267 e. The summed E-state index contributed by atoms with van der Waals surface area (Å²) in [5, 5.41) is 0. The summed E-state index contributed by atoms with van der Waals surface area (Å²) in [5.41, 5.74) is 8.68. The summed E-state index contributed by atoms with van der Waals surface area (Å²) in [4.78, 5) is 19.8. The summed E-state index contributed by atoms with van der Waals surface area (Å²) in [7, 11) is 0. The van der Waals surface area contributed by atoms with E-state index in [9.17, 15) is 4.79 Å². The topological polar surface area (TPSA) is 73.3 Å². The van der Waals surface area contributed by atoms with E-state index in [-0.39, 0.29) is 0 Å². The molecule has 0 aliphatic rings. The molecule has 0 atom stereocenters. The fraction of sp³-hybridized carbons (Fsp3) is 0.0625. The standard InChI is InChI=1S/C16H12N4O/c1-11-3-2-4-13(19-11)7-5-12-6-8-15-18-9-14(16(17)21)20(15)10-12/h2-4,6,8-10H,1H3,(H2,17,21). The van der Waals surface area contributed by atoms with Crippen molar-refractivity contribution in [3.63, 3.8) is 0 Å². The number of imidazole rings is 1. The van der Waals surface area contributed by atoms with Crippen LogP contribution in [0.1, 0.15) is 27.4 Å². The van der Waals surface area contributed by atoms with Gasteiger partial charge in [-0.2, -0.15) is 0 Å². The van der Waals surface area contributed by atoms with Gasteiger partial charge in [0.1, 0.15) is 17.0 Å². The molecule has 0 saturated heterocycles. The van der Waals surface area contributed by atoms with Crippen LogP contribution in [-0.2, 0) is 0 Å². The van der Waals surface area contributed by atoms with Crippen LogP contribution in [-0.4, -0.2) is 20.3 Å². The van der Waals surface area contributed by atoms with Gasteiger partial charge in [-0.25, -0.2) is 9.97 Å². The molecule has 5 heteroatoms. The number of aromatic nitrogens is 3. The Balaban J connectivity index is 2.02. The quantitative estimate of drug-likeness (QED) is 0.685. The second-order valence-electron chi connectivity index (χ2n) is 4.57. The van der Waals surface area contributed by atoms with Gasteiger partial charge >= 0.3 is 0 Å². The van der Waals surface area contributed by atoms with Crippen LogP contribution in [0.4, 0.5) is 0 Å². The predicted molar refractivity (Wildman–Crippen MR) is 78.7 cm³/mol. The van der Waals surface area contributed by atoms with E-state index in [0.29, 0.717) is 17.0 Å². The summed E-state index contributed by atoms with van der Waals surface area (Å²) >= 11 is 0. The number of nitrogens with two attached hydrogens (primary N) is 1. The molecule has 1 amide bonds. The number of pyridine rings is 2. The van der Waals surface area contributed by atoms with Gasteiger partial charge in [-0.3, -0.25) is 9.20 Å². The Morgan fingerprint density at radius 2 is 2.10 bits per heavy atom. The van der Waals surface area contributed by atoms with Crippen LogP contribution in [0.3, 0.4) is 0 Å². The lowest BCUT2D eigenvalue weighted by atomic mass is 10.2. The minimum atomic E-state index is -0.520. The molecule has 2 N–H and O–H groups in total. The van der Waals surface area contributed by atoms with Crippen molar-refractivity contribution < 1.29 is 4.79 Å². The third-order valence-electron chi connectivity index (χ3n) is 2.98. The van der Waals surface area contributed by atoms with Gasteiger partial charge < -0.3 is 5.73 Å². The lowest BCUT2D eigenvalue weighted by Crippen LogP contribution is -2.13. The highest BCUT2D eigenvalue weighted by molar-refractivity contribution is 5.91. The first-order chi connectivity index (χ1) is 10.1. The third kappa shape index (κ3) is 2.60. The molecular formula is C16H12N4O. The molecule has 0 aromatic carbocycles. The van der Waals surface area contributed by atoms with E-state index < -0.39 is 5.91 Å². The van der Waals surface area contributed by atoms with E-state index in [2.05, 4.69) is 21.8 Å². The van der Waals surface area contributed by atoms with Gasteiger partial charge in [-0.1, -0.05) is 12.0 Å². The molecule has 0 aliphatic heterocycles. The maximum Gasteiger partial charge on any atom is 0.267 e. The second kappa shape index (κ2) is 5.10. The molecule has 102 valence electrons. The van der Waals surface area contributed by atoms with Gasteiger partial charge in [0.05, 0.1) is 6.20 Å². The Bertz CT molecular complexity index is 899. The fourth-order valence-corrected chi connectivity index (χ4v) is 1.99. The van der Waals surface area contributed by atoms with Crippen LogP contribution in [0, 0.1) is 18.8 Å². The van der Waals surface area contributed by atoms with Crippen molar-refractivity contribution in [2.75, 3.05) is 0 Å². The summed E-state index contributed by atoms with van der Waals surface area (Å²) in [5.74, 6) is 5.50. The van der Waals surface area contributed by atoms with Crippen LogP contribution >= 0.6 is 0 Å². The van der Waals surface area contributed by atoms with Crippen molar-refractivity contribution in [2.45, 2.75) is 6.92 Å². The number of carbonyl (C=O) groups excluding carboxylic acids is 1. The number of nitrogens with zero attached hydrogens (tertiary/aromatic N) is 3. The van der Waals surface area contributed by atoms with Gasteiger partial charge in [-0.15, -0.1) is 0 Å². The highest BCUT2D eigenvalue weighted by Gasteiger charge is 2.07. The van der Waals surface area contributed by atoms with Gasteiger partial charge in [0.15, 0.2) is 0 Å². The number of amides is 1. The van der Waals surface area contributed by atoms with Crippen molar-refractivity contribution in [3.05, 3.63) is 65.4 Å². The van der Waals surface area contributed by atoms with Gasteiger partial charge in [0, 0.05) is 17.5 Å². The summed E-state index contributed by atoms with van der Waals surface area (Å²) < 4.78 is 1.63. The molecule has 3 aromatic rings. The van der Waals surface area contributed by atoms with Crippen LogP contribution in [0.25, 0.3) is 5.65 Å². The second-order valence-corrected chi connectivity index (χ2v) is 4.57. The van der Waals surface area contributed by atoms with Crippen molar-refractivity contribution in [1.82, 2.24) is 14.4 Å². The van der Waals surface area contributed by atoms with Crippen LogP contribution in [0.5, 0.6) is 0 Å². The number of primary amides is 1. The molecule has 5 nitrogen and oxygen atoms in total. The molecule has 0 aliphatic carbocycles. The zero-order chi connectivity index (χ0) is 14.8. The lowest BCUT2D eigenvalue weighted by molar-refractivity contribution is 0.0995. The normalized spacial score (nSPS) is 10.1. The highest BCUT2D eigenvalue weighted by Crippen LogP contribution is 2.08. The lowest BCUT2D eigenvalue weighted by Gasteiger charge is -1.98. The monoisotopic (exact) mass is 276 g/mol. The number of aryl methyl sites for hydroxylation is 1. The molecule has 3 aromatic heterocycles. The SMILES string of the molecule is Cc1cccc(C#Cc2ccc3ncc(C(N)=O)n3c2)n1.